The molecule has 2 fully saturated rings. The number of carboxylic acids is 1. The zero-order valence-corrected chi connectivity index (χ0v) is 11.3. The zero-order valence-electron chi connectivity index (χ0n) is 10.5. The monoisotopic (exact) mass is 293 g/mol. The van der Waals surface area contributed by atoms with Crippen molar-refractivity contribution >= 4 is 35.1 Å². The summed E-state index contributed by atoms with van der Waals surface area (Å²) in [6.45, 7) is 0. The molecule has 1 aliphatic carbocycles. The van der Waals surface area contributed by atoms with Gasteiger partial charge >= 0.3 is 5.97 Å². The number of benzene rings is 1. The number of carbonyl (C=O) groups excluding carboxylic acids is 2. The van der Waals surface area contributed by atoms with E-state index in [0.29, 0.717) is 19.3 Å². The normalized spacial score (nSPS) is 25.1. The molecule has 1 aromatic carbocycles. The van der Waals surface area contributed by atoms with Gasteiger partial charge in [-0.25, -0.2) is 9.69 Å². The molecular weight excluding hydrogens is 282 g/mol. The van der Waals surface area contributed by atoms with Crippen LogP contribution in [0.2, 0.25) is 5.02 Å². The fraction of sp³-hybridized carbons (Fsp3) is 0.357. The Kier molecular flexibility index (Phi) is 3.01. The zero-order chi connectivity index (χ0) is 14.4. The number of imide groups is 1. The maximum absolute atomic E-state index is 12.3. The Bertz CT molecular complexity index is 606. The third-order valence-electron chi connectivity index (χ3n) is 4.01. The highest BCUT2D eigenvalue weighted by Crippen LogP contribution is 2.41. The van der Waals surface area contributed by atoms with Crippen LogP contribution in [0.25, 0.3) is 0 Å². The van der Waals surface area contributed by atoms with Crippen LogP contribution in [0.15, 0.2) is 18.2 Å². The van der Waals surface area contributed by atoms with Crippen molar-refractivity contribution < 1.29 is 19.5 Å². The summed E-state index contributed by atoms with van der Waals surface area (Å²) in [6, 6.07) is 4.03. The Morgan fingerprint density at radius 3 is 2.35 bits per heavy atom. The lowest BCUT2D eigenvalue weighted by Gasteiger charge is -2.30. The molecule has 104 valence electrons. The SMILES string of the molecule is O=C(O)c1ccc(Cl)c(N2C(=O)C3CCC(C3)C2=O)c1. The number of hydrogen-bond acceptors (Lipinski definition) is 3. The highest BCUT2D eigenvalue weighted by atomic mass is 35.5. The van der Waals surface area contributed by atoms with Gasteiger partial charge < -0.3 is 5.11 Å². The van der Waals surface area contributed by atoms with Crippen LogP contribution in [-0.4, -0.2) is 22.9 Å². The Labute approximate surface area is 120 Å². The molecule has 1 aromatic rings. The van der Waals surface area contributed by atoms with Gasteiger partial charge in [-0.3, -0.25) is 9.59 Å². The minimum Gasteiger partial charge on any atom is -0.478 e. The van der Waals surface area contributed by atoms with Crippen molar-refractivity contribution in [2.45, 2.75) is 19.3 Å². The number of amides is 2. The molecule has 20 heavy (non-hydrogen) atoms. The first-order valence-corrected chi connectivity index (χ1v) is 6.77. The fourth-order valence-corrected chi connectivity index (χ4v) is 3.16. The first kappa shape index (κ1) is 13.1. The van der Waals surface area contributed by atoms with E-state index in [1.54, 1.807) is 0 Å². The van der Waals surface area contributed by atoms with Gasteiger partial charge in [0.05, 0.1) is 16.3 Å². The number of carbonyl (C=O) groups is 3. The number of fused-ring (bicyclic) bond motifs is 2. The van der Waals surface area contributed by atoms with Gasteiger partial charge in [-0.2, -0.15) is 0 Å². The van der Waals surface area contributed by atoms with Crippen LogP contribution in [0.1, 0.15) is 29.6 Å². The van der Waals surface area contributed by atoms with Gasteiger partial charge in [-0.05, 0) is 37.5 Å². The second kappa shape index (κ2) is 4.59. The molecule has 3 rings (SSSR count). The standard InChI is InChI=1S/C14H12ClNO4/c15-10-4-3-9(14(19)20)6-11(10)16-12(17)7-1-2-8(5-7)13(16)18/h3-4,6-8H,1-2,5H2,(H,19,20). The number of rotatable bonds is 2. The summed E-state index contributed by atoms with van der Waals surface area (Å²) in [5, 5.41) is 9.22. The molecule has 1 N–H and O–H groups in total. The molecule has 0 spiro atoms. The van der Waals surface area contributed by atoms with E-state index in [-0.39, 0.29) is 39.9 Å². The molecule has 2 amide bonds. The minimum absolute atomic E-state index is 0.00270. The fourth-order valence-electron chi connectivity index (χ4n) is 2.96. The summed E-state index contributed by atoms with van der Waals surface area (Å²) >= 11 is 6.04. The molecule has 2 atom stereocenters. The third-order valence-corrected chi connectivity index (χ3v) is 4.33. The number of carboxylic acid groups (broad SMARTS) is 1. The smallest absolute Gasteiger partial charge is 0.335 e. The Morgan fingerprint density at radius 2 is 1.80 bits per heavy atom. The molecule has 1 saturated carbocycles. The average molecular weight is 294 g/mol. The summed E-state index contributed by atoms with van der Waals surface area (Å²) in [4.78, 5) is 36.7. The van der Waals surface area contributed by atoms with Crippen molar-refractivity contribution in [3.63, 3.8) is 0 Å². The van der Waals surface area contributed by atoms with Gasteiger partial charge in [0.2, 0.25) is 11.8 Å². The summed E-state index contributed by atoms with van der Waals surface area (Å²) in [6.07, 6.45) is 2.02. The van der Waals surface area contributed by atoms with E-state index in [9.17, 15) is 14.4 Å². The topological polar surface area (TPSA) is 74.7 Å². The van der Waals surface area contributed by atoms with Gasteiger partial charge in [0, 0.05) is 11.8 Å². The maximum Gasteiger partial charge on any atom is 0.335 e. The van der Waals surface area contributed by atoms with Crippen LogP contribution in [0, 0.1) is 11.8 Å². The Hall–Kier alpha value is -1.88. The molecule has 0 radical (unpaired) electrons. The van der Waals surface area contributed by atoms with Crippen molar-refractivity contribution in [2.24, 2.45) is 11.8 Å². The van der Waals surface area contributed by atoms with Crippen molar-refractivity contribution in [3.05, 3.63) is 28.8 Å². The second-order valence-electron chi connectivity index (χ2n) is 5.19. The van der Waals surface area contributed by atoms with E-state index < -0.39 is 5.97 Å². The van der Waals surface area contributed by atoms with E-state index in [0.717, 1.165) is 4.90 Å². The molecule has 2 unspecified atom stereocenters. The number of hydrogen-bond donors (Lipinski definition) is 1. The largest absolute Gasteiger partial charge is 0.478 e. The summed E-state index contributed by atoms with van der Waals surface area (Å²) < 4.78 is 0. The molecule has 0 aromatic heterocycles. The number of aromatic carboxylic acids is 1. The summed E-state index contributed by atoms with van der Waals surface area (Å²) in [7, 11) is 0. The van der Waals surface area contributed by atoms with Crippen molar-refractivity contribution in [1.82, 2.24) is 0 Å². The summed E-state index contributed by atoms with van der Waals surface area (Å²) in [5.74, 6) is -1.96. The van der Waals surface area contributed by atoms with Gasteiger partial charge in [-0.1, -0.05) is 11.6 Å². The molecule has 1 aliphatic heterocycles. The lowest BCUT2D eigenvalue weighted by atomic mass is 9.96. The lowest BCUT2D eigenvalue weighted by molar-refractivity contribution is -0.133. The van der Waals surface area contributed by atoms with E-state index in [1.165, 1.54) is 18.2 Å². The predicted molar refractivity (Wildman–Crippen MR) is 71.7 cm³/mol. The number of halogens is 1. The third kappa shape index (κ3) is 1.89. The van der Waals surface area contributed by atoms with Crippen molar-refractivity contribution in [1.29, 1.82) is 0 Å². The van der Waals surface area contributed by atoms with Crippen LogP contribution >= 0.6 is 11.6 Å². The molecule has 5 nitrogen and oxygen atoms in total. The van der Waals surface area contributed by atoms with E-state index >= 15 is 0 Å². The van der Waals surface area contributed by atoms with Crippen LogP contribution in [0.3, 0.4) is 0 Å². The number of piperidine rings is 1. The molecule has 1 heterocycles. The van der Waals surface area contributed by atoms with Gasteiger partial charge in [-0.15, -0.1) is 0 Å². The molecule has 6 heteroatoms. The first-order chi connectivity index (χ1) is 9.49. The van der Waals surface area contributed by atoms with Crippen molar-refractivity contribution in [3.8, 4) is 0 Å². The van der Waals surface area contributed by atoms with Crippen LogP contribution in [0.5, 0.6) is 0 Å². The van der Waals surface area contributed by atoms with E-state index in [2.05, 4.69) is 0 Å². The predicted octanol–water partition coefficient (Wildman–Crippen LogP) is 2.33. The second-order valence-corrected chi connectivity index (χ2v) is 5.60. The highest BCUT2D eigenvalue weighted by molar-refractivity contribution is 6.35. The number of nitrogens with zero attached hydrogens (tertiary/aromatic N) is 1. The maximum atomic E-state index is 12.3. The summed E-state index contributed by atoms with van der Waals surface area (Å²) in [5.41, 5.74) is 0.182. The Morgan fingerprint density at radius 1 is 1.20 bits per heavy atom. The lowest BCUT2D eigenvalue weighted by Crippen LogP contribution is -2.46. The van der Waals surface area contributed by atoms with Crippen molar-refractivity contribution in [2.75, 3.05) is 4.90 Å². The van der Waals surface area contributed by atoms with Crippen LogP contribution < -0.4 is 4.90 Å². The Balaban J connectivity index is 2.07. The van der Waals surface area contributed by atoms with E-state index in [4.69, 9.17) is 16.7 Å². The average Bonchev–Trinajstić information content (AvgIpc) is 2.85. The first-order valence-electron chi connectivity index (χ1n) is 6.39. The van der Waals surface area contributed by atoms with Gasteiger partial charge in [0.15, 0.2) is 0 Å². The highest BCUT2D eigenvalue weighted by Gasteiger charge is 2.46. The van der Waals surface area contributed by atoms with E-state index in [1.807, 2.05) is 0 Å². The van der Waals surface area contributed by atoms with Gasteiger partial charge in [0.25, 0.3) is 0 Å². The number of anilines is 1. The molecule has 1 saturated heterocycles. The van der Waals surface area contributed by atoms with Crippen LogP contribution in [0.4, 0.5) is 5.69 Å². The van der Waals surface area contributed by atoms with Crippen LogP contribution in [-0.2, 0) is 9.59 Å². The molecule has 2 bridgehead atoms. The molecular formula is C14H12ClNO4. The molecule has 2 aliphatic rings. The quantitative estimate of drug-likeness (QED) is 0.849. The van der Waals surface area contributed by atoms with Gasteiger partial charge in [0.1, 0.15) is 0 Å². The minimum atomic E-state index is -1.12.